The van der Waals surface area contributed by atoms with Crippen molar-refractivity contribution in [3.8, 4) is 11.5 Å². The van der Waals surface area contributed by atoms with E-state index in [0.29, 0.717) is 12.4 Å². The first kappa shape index (κ1) is 17.8. The molecule has 3 heterocycles. The molecular formula is C22H26N2O3. The Morgan fingerprint density at radius 1 is 1.22 bits per heavy atom. The quantitative estimate of drug-likeness (QED) is 0.826. The van der Waals surface area contributed by atoms with Crippen LogP contribution in [0.15, 0.2) is 30.5 Å². The van der Waals surface area contributed by atoms with Crippen LogP contribution in [-0.4, -0.2) is 35.7 Å². The maximum Gasteiger partial charge on any atom is 0.255 e. The van der Waals surface area contributed by atoms with Gasteiger partial charge in [0.2, 0.25) is 6.79 Å². The van der Waals surface area contributed by atoms with Crippen LogP contribution < -0.4 is 9.47 Å². The van der Waals surface area contributed by atoms with Gasteiger partial charge in [0.1, 0.15) is 0 Å². The van der Waals surface area contributed by atoms with Crippen molar-refractivity contribution in [1.29, 1.82) is 0 Å². The lowest BCUT2D eigenvalue weighted by Crippen LogP contribution is -2.45. The molecule has 1 fully saturated rings. The Labute approximate surface area is 160 Å². The Hall–Kier alpha value is -2.56. The average Bonchev–Trinajstić information content (AvgIpc) is 3.11. The third kappa shape index (κ3) is 3.64. The number of amides is 1. The van der Waals surface area contributed by atoms with Gasteiger partial charge in [-0.3, -0.25) is 9.78 Å². The van der Waals surface area contributed by atoms with Gasteiger partial charge in [0.15, 0.2) is 11.5 Å². The molecule has 0 radical (unpaired) electrons. The van der Waals surface area contributed by atoms with Gasteiger partial charge in [-0.2, -0.15) is 0 Å². The second-order valence-electron chi connectivity index (χ2n) is 8.13. The zero-order valence-corrected chi connectivity index (χ0v) is 16.2. The Balaban J connectivity index is 1.49. The average molecular weight is 366 g/mol. The summed E-state index contributed by atoms with van der Waals surface area (Å²) in [4.78, 5) is 19.4. The number of carbonyl (C=O) groups excluding carboxylic acids is 1. The second-order valence-corrected chi connectivity index (χ2v) is 8.13. The van der Waals surface area contributed by atoms with E-state index in [1.807, 2.05) is 30.9 Å². The Kier molecular flexibility index (Phi) is 4.54. The smallest absolute Gasteiger partial charge is 0.255 e. The predicted octanol–water partition coefficient (Wildman–Crippen LogP) is 3.91. The number of pyridine rings is 1. The molecule has 2 aliphatic heterocycles. The Morgan fingerprint density at radius 2 is 2.04 bits per heavy atom. The summed E-state index contributed by atoms with van der Waals surface area (Å²) in [6.07, 6.45) is 4.74. The van der Waals surface area contributed by atoms with Crippen molar-refractivity contribution in [3.63, 3.8) is 0 Å². The van der Waals surface area contributed by atoms with Gasteiger partial charge in [-0.25, -0.2) is 0 Å². The van der Waals surface area contributed by atoms with E-state index in [4.69, 9.17) is 9.47 Å². The summed E-state index contributed by atoms with van der Waals surface area (Å²) in [6, 6.07) is 8.11. The fraction of sp³-hybridized carbons (Fsp3) is 0.455. The first-order valence-corrected chi connectivity index (χ1v) is 9.55. The summed E-state index contributed by atoms with van der Waals surface area (Å²) < 4.78 is 10.9. The Morgan fingerprint density at radius 3 is 2.85 bits per heavy atom. The molecule has 5 heteroatoms. The highest BCUT2D eigenvalue weighted by Crippen LogP contribution is 2.37. The van der Waals surface area contributed by atoms with Gasteiger partial charge in [0.05, 0.1) is 5.56 Å². The second kappa shape index (κ2) is 6.87. The van der Waals surface area contributed by atoms with Crippen molar-refractivity contribution >= 4 is 5.91 Å². The molecule has 5 nitrogen and oxygen atoms in total. The highest BCUT2D eigenvalue weighted by atomic mass is 16.7. The third-order valence-corrected chi connectivity index (χ3v) is 5.72. The van der Waals surface area contributed by atoms with Crippen LogP contribution in [-0.2, 0) is 6.42 Å². The van der Waals surface area contributed by atoms with Crippen molar-refractivity contribution < 1.29 is 14.3 Å². The van der Waals surface area contributed by atoms with Gasteiger partial charge in [0.25, 0.3) is 5.91 Å². The van der Waals surface area contributed by atoms with Crippen LogP contribution in [0.25, 0.3) is 0 Å². The lowest BCUT2D eigenvalue weighted by atomic mass is 9.76. The SMILES string of the molecule is Cc1cc(C(=O)N2CCC[C@@](C)(Cc3ccc4c(c3)OCO4)C2)cnc1C. The molecule has 4 rings (SSSR count). The van der Waals surface area contributed by atoms with E-state index in [1.165, 1.54) is 5.56 Å². The van der Waals surface area contributed by atoms with Gasteiger partial charge >= 0.3 is 0 Å². The van der Waals surface area contributed by atoms with E-state index in [1.54, 1.807) is 6.20 Å². The number of rotatable bonds is 3. The molecule has 142 valence electrons. The van der Waals surface area contributed by atoms with Crippen LogP contribution in [0.5, 0.6) is 11.5 Å². The highest BCUT2D eigenvalue weighted by Gasteiger charge is 2.34. The van der Waals surface area contributed by atoms with Crippen molar-refractivity contribution in [3.05, 3.63) is 52.8 Å². The molecule has 0 saturated carbocycles. The molecule has 0 unspecified atom stereocenters. The zero-order valence-electron chi connectivity index (χ0n) is 16.2. The van der Waals surface area contributed by atoms with Gasteiger partial charge in [-0.15, -0.1) is 0 Å². The third-order valence-electron chi connectivity index (χ3n) is 5.72. The van der Waals surface area contributed by atoms with Gasteiger partial charge in [-0.1, -0.05) is 13.0 Å². The summed E-state index contributed by atoms with van der Waals surface area (Å²) in [5.74, 6) is 1.72. The molecule has 1 aromatic heterocycles. The van der Waals surface area contributed by atoms with E-state index >= 15 is 0 Å². The monoisotopic (exact) mass is 366 g/mol. The molecule has 0 aliphatic carbocycles. The van der Waals surface area contributed by atoms with Crippen molar-refractivity contribution in [2.75, 3.05) is 19.9 Å². The largest absolute Gasteiger partial charge is 0.454 e. The van der Waals surface area contributed by atoms with Gasteiger partial charge in [-0.05, 0) is 67.9 Å². The molecule has 1 aromatic carbocycles. The van der Waals surface area contributed by atoms with Crippen molar-refractivity contribution in [2.24, 2.45) is 5.41 Å². The van der Waals surface area contributed by atoms with E-state index < -0.39 is 0 Å². The van der Waals surface area contributed by atoms with Crippen LogP contribution in [0.4, 0.5) is 0 Å². The lowest BCUT2D eigenvalue weighted by Gasteiger charge is -2.40. The topological polar surface area (TPSA) is 51.7 Å². The number of hydrogen-bond donors (Lipinski definition) is 0. The minimum absolute atomic E-state index is 0.0504. The molecule has 0 bridgehead atoms. The summed E-state index contributed by atoms with van der Waals surface area (Å²) in [7, 11) is 0. The minimum atomic E-state index is 0.0504. The number of likely N-dealkylation sites (tertiary alicyclic amines) is 1. The van der Waals surface area contributed by atoms with Crippen LogP contribution in [0.2, 0.25) is 0 Å². The predicted molar refractivity (Wildman–Crippen MR) is 103 cm³/mol. The van der Waals surface area contributed by atoms with Crippen LogP contribution in [0, 0.1) is 19.3 Å². The molecule has 1 amide bonds. The number of piperidine rings is 1. The fourth-order valence-electron chi connectivity index (χ4n) is 4.12. The number of hydrogen-bond acceptors (Lipinski definition) is 4. The molecule has 2 aliphatic rings. The number of fused-ring (bicyclic) bond motifs is 1. The first-order chi connectivity index (χ1) is 12.9. The summed E-state index contributed by atoms with van der Waals surface area (Å²) in [5, 5.41) is 0. The zero-order chi connectivity index (χ0) is 19.0. The summed E-state index contributed by atoms with van der Waals surface area (Å²) >= 11 is 0. The van der Waals surface area contributed by atoms with Crippen molar-refractivity contribution in [1.82, 2.24) is 9.88 Å². The minimum Gasteiger partial charge on any atom is -0.454 e. The molecule has 1 atom stereocenters. The number of benzene rings is 1. The van der Waals surface area contributed by atoms with Crippen molar-refractivity contribution in [2.45, 2.75) is 40.0 Å². The molecule has 1 saturated heterocycles. The van der Waals surface area contributed by atoms with E-state index in [-0.39, 0.29) is 11.3 Å². The van der Waals surface area contributed by atoms with Gasteiger partial charge < -0.3 is 14.4 Å². The van der Waals surface area contributed by atoms with Gasteiger partial charge in [0, 0.05) is 25.0 Å². The number of aryl methyl sites for hydroxylation is 2. The van der Waals surface area contributed by atoms with E-state index in [9.17, 15) is 4.79 Å². The maximum atomic E-state index is 13.0. The number of aromatic nitrogens is 1. The standard InChI is InChI=1S/C22H26N2O3/c1-15-9-18(12-23-16(15)2)21(25)24-8-4-7-22(3,13-24)11-17-5-6-19-20(10-17)27-14-26-19/h5-6,9-10,12H,4,7-8,11,13-14H2,1-3H3/t22-/m0/s1. The molecule has 0 N–H and O–H groups in total. The van der Waals surface area contributed by atoms with E-state index in [0.717, 1.165) is 55.1 Å². The summed E-state index contributed by atoms with van der Waals surface area (Å²) in [6.45, 7) is 8.10. The number of nitrogens with zero attached hydrogens (tertiary/aromatic N) is 2. The van der Waals surface area contributed by atoms with Crippen LogP contribution >= 0.6 is 0 Å². The molecule has 27 heavy (non-hydrogen) atoms. The van der Waals surface area contributed by atoms with Crippen LogP contribution in [0.3, 0.4) is 0 Å². The summed E-state index contributed by atoms with van der Waals surface area (Å²) in [5.41, 5.74) is 3.99. The lowest BCUT2D eigenvalue weighted by molar-refractivity contribution is 0.0550. The fourth-order valence-corrected chi connectivity index (χ4v) is 4.12. The molecule has 0 spiro atoms. The first-order valence-electron chi connectivity index (χ1n) is 9.55. The molecule has 2 aromatic rings. The van der Waals surface area contributed by atoms with E-state index in [2.05, 4.69) is 24.0 Å². The van der Waals surface area contributed by atoms with Crippen LogP contribution in [0.1, 0.15) is 46.9 Å². The highest BCUT2D eigenvalue weighted by molar-refractivity contribution is 5.94. The maximum absolute atomic E-state index is 13.0. The Bertz CT molecular complexity index is 880. The molecular weight excluding hydrogens is 340 g/mol. The number of ether oxygens (including phenoxy) is 2. The normalized spacial score (nSPS) is 21.4. The number of carbonyl (C=O) groups is 1.